The van der Waals surface area contributed by atoms with Crippen LogP contribution in [0.1, 0.15) is 64.7 Å². The number of ether oxygens (including phenoxy) is 3. The molecule has 3 fully saturated rings. The fourth-order valence-electron chi connectivity index (χ4n) is 6.01. The summed E-state index contributed by atoms with van der Waals surface area (Å²) in [5.74, 6) is 0.733. The fraction of sp³-hybridized carbons (Fsp3) is 0.581. The smallest absolute Gasteiger partial charge is 0.252 e. The van der Waals surface area contributed by atoms with Crippen molar-refractivity contribution < 1.29 is 23.8 Å². The van der Waals surface area contributed by atoms with Crippen LogP contribution in [0.4, 0.5) is 17.5 Å². The second kappa shape index (κ2) is 14.3. The van der Waals surface area contributed by atoms with Crippen molar-refractivity contribution in [3.8, 4) is 0 Å². The molecule has 3 saturated heterocycles. The minimum atomic E-state index is -0.879. The van der Waals surface area contributed by atoms with Crippen molar-refractivity contribution in [1.29, 1.82) is 0 Å². The molecular formula is C31H42N8O5S2. The quantitative estimate of drug-likeness (QED) is 0.151. The molecule has 2 amide bonds. The Morgan fingerprint density at radius 1 is 1.13 bits per heavy atom. The first-order valence-electron chi connectivity index (χ1n) is 15.9. The summed E-state index contributed by atoms with van der Waals surface area (Å²) in [6.45, 7) is 6.50. The van der Waals surface area contributed by atoms with Crippen LogP contribution >= 0.6 is 21.6 Å². The number of carbonyl (C=O) groups is 2. The van der Waals surface area contributed by atoms with Gasteiger partial charge in [-0.25, -0.2) is 4.98 Å². The monoisotopic (exact) mass is 670 g/mol. The molecule has 5 N–H and O–H groups in total. The van der Waals surface area contributed by atoms with Crippen molar-refractivity contribution in [1.82, 2.24) is 24.8 Å². The lowest BCUT2D eigenvalue weighted by atomic mass is 10.1. The lowest BCUT2D eigenvalue weighted by Crippen LogP contribution is -2.42. The van der Waals surface area contributed by atoms with Crippen LogP contribution in [0.2, 0.25) is 0 Å². The van der Waals surface area contributed by atoms with E-state index in [0.29, 0.717) is 43.0 Å². The summed E-state index contributed by atoms with van der Waals surface area (Å²) in [4.78, 5) is 38.7. The van der Waals surface area contributed by atoms with Gasteiger partial charge in [-0.05, 0) is 64.2 Å². The maximum Gasteiger partial charge on any atom is 0.252 e. The van der Waals surface area contributed by atoms with E-state index >= 15 is 0 Å². The number of likely N-dealkylation sites (N-methyl/N-ethyl adjacent to an activating group) is 1. The first kappa shape index (κ1) is 32.8. The van der Waals surface area contributed by atoms with Gasteiger partial charge in [0.15, 0.2) is 29.6 Å². The van der Waals surface area contributed by atoms with Crippen LogP contribution in [-0.2, 0) is 30.2 Å². The number of rotatable bonds is 13. The Bertz CT molecular complexity index is 1530. The first-order chi connectivity index (χ1) is 22.2. The summed E-state index contributed by atoms with van der Waals surface area (Å²) in [5.41, 5.74) is 9.05. The molecule has 0 spiro atoms. The maximum absolute atomic E-state index is 12.8. The largest absolute Gasteiger partial charge is 0.382 e. The summed E-state index contributed by atoms with van der Waals surface area (Å²) in [6.07, 6.45) is 4.61. The number of aromatic nitrogens is 4. The van der Waals surface area contributed by atoms with Gasteiger partial charge in [0, 0.05) is 36.2 Å². The predicted octanol–water partition coefficient (Wildman–Crippen LogP) is 4.27. The van der Waals surface area contributed by atoms with Gasteiger partial charge in [-0.3, -0.25) is 14.2 Å². The molecule has 13 nitrogen and oxygen atoms in total. The van der Waals surface area contributed by atoms with E-state index in [1.165, 1.54) is 18.6 Å². The number of carbonyl (C=O) groups excluding carboxylic acids is 2. The number of benzene rings is 1. The minimum absolute atomic E-state index is 0.0567. The number of imidazole rings is 1. The predicted molar refractivity (Wildman–Crippen MR) is 180 cm³/mol. The normalized spacial score (nSPS) is 25.1. The third-order valence-electron chi connectivity index (χ3n) is 8.20. The van der Waals surface area contributed by atoms with Gasteiger partial charge in [0.1, 0.15) is 17.7 Å². The van der Waals surface area contributed by atoms with Gasteiger partial charge in [0.2, 0.25) is 11.9 Å². The van der Waals surface area contributed by atoms with Gasteiger partial charge in [-0.1, -0.05) is 40.1 Å². The molecule has 3 aliphatic rings. The number of unbranched alkanes of at least 4 members (excludes halogenated alkanes) is 1. The highest BCUT2D eigenvalue weighted by atomic mass is 33.1. The summed E-state index contributed by atoms with van der Waals surface area (Å²) >= 11 is 0. The minimum Gasteiger partial charge on any atom is -0.382 e. The van der Waals surface area contributed by atoms with Gasteiger partial charge in [-0.15, -0.1) is 0 Å². The molecule has 6 rings (SSSR count). The molecule has 5 heterocycles. The number of nitrogen functional groups attached to an aromatic ring is 1. The number of nitrogens with one attached hydrogen (secondary N) is 3. The highest BCUT2D eigenvalue weighted by Gasteiger charge is 2.58. The molecule has 15 heteroatoms. The third-order valence-corrected chi connectivity index (χ3v) is 11.2. The molecule has 1 aromatic carbocycles. The Morgan fingerprint density at radius 3 is 2.70 bits per heavy atom. The number of amides is 2. The van der Waals surface area contributed by atoms with Crippen molar-refractivity contribution in [3.05, 3.63) is 36.2 Å². The Kier molecular flexibility index (Phi) is 10.2. The topological polar surface area (TPSA) is 168 Å². The molecule has 0 radical (unpaired) electrons. The highest BCUT2D eigenvalue weighted by molar-refractivity contribution is 8.77. The summed E-state index contributed by atoms with van der Waals surface area (Å²) in [7, 11) is 3.95. The summed E-state index contributed by atoms with van der Waals surface area (Å²) in [6, 6.07) is 7.86. The van der Waals surface area contributed by atoms with E-state index in [1.54, 1.807) is 10.9 Å². The second-order valence-corrected chi connectivity index (χ2v) is 14.9. The van der Waals surface area contributed by atoms with Crippen LogP contribution in [0.25, 0.3) is 11.2 Å². The van der Waals surface area contributed by atoms with E-state index in [9.17, 15) is 9.59 Å². The van der Waals surface area contributed by atoms with E-state index in [1.807, 2.05) is 66.6 Å². The molecule has 248 valence electrons. The Morgan fingerprint density at radius 2 is 1.93 bits per heavy atom. The number of hydrogen-bond acceptors (Lipinski definition) is 12. The lowest BCUT2D eigenvalue weighted by molar-refractivity contribution is -0.197. The molecule has 5 atom stereocenters. The van der Waals surface area contributed by atoms with Crippen molar-refractivity contribution in [2.75, 3.05) is 35.2 Å². The molecule has 0 bridgehead atoms. The van der Waals surface area contributed by atoms with Gasteiger partial charge < -0.3 is 35.9 Å². The number of fused-ring (bicyclic) bond motifs is 2. The van der Waals surface area contributed by atoms with Crippen molar-refractivity contribution in [2.45, 2.75) is 94.9 Å². The SMILES string of the molecule is CCNC(=O)[C@H]1O[C@@H](n2cnc3c(N)nc(NCCc4ccc(NC(=O)CCCC[C@H]5CCSS5)cc4)nc32)[C@@H]2OC(C)(C)O[C@@H]21. The van der Waals surface area contributed by atoms with Gasteiger partial charge in [-0.2, -0.15) is 9.97 Å². The second-order valence-electron chi connectivity index (χ2n) is 12.2. The maximum atomic E-state index is 12.8. The van der Waals surface area contributed by atoms with E-state index in [0.717, 1.165) is 29.3 Å². The summed E-state index contributed by atoms with van der Waals surface area (Å²) in [5, 5.41) is 9.83. The third kappa shape index (κ3) is 7.54. The van der Waals surface area contributed by atoms with Crippen LogP contribution in [0.3, 0.4) is 0 Å². The molecular weight excluding hydrogens is 629 g/mol. The molecule has 46 heavy (non-hydrogen) atoms. The molecule has 2 aromatic heterocycles. The standard InChI is InChI=1S/C31H42N8O5S2/c1-4-33-28(41)24-23-25(44-31(2,3)43-23)29(42-24)39-17-35-22-26(32)37-30(38-27(22)39)34-15-13-18-9-11-19(12-10-18)36-21(40)8-6-5-7-20-14-16-45-46-20/h9-12,17,20,23-25,29H,4-8,13-16H2,1-3H3,(H,33,41)(H,36,40)(H3,32,34,37,38)/t20-,23+,24-,25+,29+/m0/s1. The Labute approximate surface area is 276 Å². The Balaban J connectivity index is 1.04. The van der Waals surface area contributed by atoms with Crippen LogP contribution in [-0.4, -0.2) is 79.5 Å². The van der Waals surface area contributed by atoms with Crippen LogP contribution in [0.15, 0.2) is 30.6 Å². The zero-order valence-corrected chi connectivity index (χ0v) is 28.0. The van der Waals surface area contributed by atoms with E-state index in [2.05, 4.69) is 25.9 Å². The first-order valence-corrected chi connectivity index (χ1v) is 18.3. The number of anilines is 3. The molecule has 0 saturated carbocycles. The molecule has 0 aliphatic carbocycles. The van der Waals surface area contributed by atoms with Crippen LogP contribution in [0, 0.1) is 0 Å². The van der Waals surface area contributed by atoms with Gasteiger partial charge in [0.05, 0.1) is 6.33 Å². The van der Waals surface area contributed by atoms with Crippen molar-refractivity contribution >= 4 is 62.0 Å². The summed E-state index contributed by atoms with van der Waals surface area (Å²) < 4.78 is 20.2. The average Bonchev–Trinajstić information content (AvgIpc) is 3.81. The van der Waals surface area contributed by atoms with Crippen LogP contribution < -0.4 is 21.7 Å². The van der Waals surface area contributed by atoms with Crippen molar-refractivity contribution in [3.63, 3.8) is 0 Å². The number of nitrogens with two attached hydrogens (primary N) is 1. The fourth-order valence-corrected chi connectivity index (χ4v) is 9.04. The molecule has 3 aliphatic heterocycles. The number of hydrogen-bond donors (Lipinski definition) is 4. The van der Waals surface area contributed by atoms with Crippen molar-refractivity contribution in [2.24, 2.45) is 0 Å². The van der Waals surface area contributed by atoms with E-state index < -0.39 is 30.3 Å². The lowest BCUT2D eigenvalue weighted by Gasteiger charge is -2.24. The molecule has 3 aromatic rings. The van der Waals surface area contributed by atoms with Crippen LogP contribution in [0.5, 0.6) is 0 Å². The highest BCUT2D eigenvalue weighted by Crippen LogP contribution is 2.44. The average molecular weight is 671 g/mol. The zero-order valence-electron chi connectivity index (χ0n) is 26.4. The Hall–Kier alpha value is -3.11. The van der Waals surface area contributed by atoms with Gasteiger partial charge in [0.25, 0.3) is 5.91 Å². The number of nitrogens with zero attached hydrogens (tertiary/aromatic N) is 4. The van der Waals surface area contributed by atoms with Gasteiger partial charge >= 0.3 is 0 Å². The molecule has 0 unspecified atom stereocenters. The van der Waals surface area contributed by atoms with E-state index in [-0.39, 0.29) is 17.6 Å². The van der Waals surface area contributed by atoms with E-state index in [4.69, 9.17) is 24.9 Å². The zero-order chi connectivity index (χ0) is 32.3.